The third kappa shape index (κ3) is 8.77. The molecule has 0 aliphatic heterocycles. The SMILES string of the molecule is CCCCOc1ccc(NC(=O)C(=O)N/N=C\c2ccccc2OCC(=O)Nc2cc(C)ccc2C)cc1. The molecule has 9 nitrogen and oxygen atoms in total. The maximum Gasteiger partial charge on any atom is 0.329 e. The number of hydrogen-bond donors (Lipinski definition) is 3. The summed E-state index contributed by atoms with van der Waals surface area (Å²) in [6.45, 7) is 6.35. The summed E-state index contributed by atoms with van der Waals surface area (Å²) in [5.41, 5.74) is 5.88. The highest BCUT2D eigenvalue weighted by Crippen LogP contribution is 2.18. The second kappa shape index (κ2) is 14.2. The summed E-state index contributed by atoms with van der Waals surface area (Å²) < 4.78 is 11.2. The second-order valence-electron chi connectivity index (χ2n) is 8.57. The Morgan fingerprint density at radius 1 is 0.895 bits per heavy atom. The molecule has 0 saturated carbocycles. The molecule has 0 heterocycles. The van der Waals surface area contributed by atoms with E-state index < -0.39 is 11.8 Å². The number of nitrogens with one attached hydrogen (secondary N) is 3. The maximum absolute atomic E-state index is 12.4. The summed E-state index contributed by atoms with van der Waals surface area (Å²) in [6.07, 6.45) is 3.33. The number of rotatable bonds is 11. The predicted molar refractivity (Wildman–Crippen MR) is 148 cm³/mol. The number of anilines is 2. The number of hydrazone groups is 1. The molecule has 3 aromatic rings. The van der Waals surface area contributed by atoms with Crippen LogP contribution < -0.4 is 25.5 Å². The van der Waals surface area contributed by atoms with Crippen LogP contribution in [-0.2, 0) is 14.4 Å². The molecule has 0 spiro atoms. The standard InChI is InChI=1S/C29H32N4O5/c1-4-5-16-37-24-14-12-23(13-15-24)31-28(35)29(36)33-30-18-22-8-6-7-9-26(22)38-19-27(34)32-25-17-20(2)10-11-21(25)3/h6-15,17-18H,4-5,16,19H2,1-3H3,(H,31,35)(H,32,34)(H,33,36)/b30-18-. The van der Waals surface area contributed by atoms with Crippen LogP contribution in [0.25, 0.3) is 0 Å². The summed E-state index contributed by atoms with van der Waals surface area (Å²) in [6, 6.07) is 19.4. The number of aryl methyl sites for hydroxylation is 2. The number of hydrogen-bond acceptors (Lipinski definition) is 6. The van der Waals surface area contributed by atoms with Gasteiger partial charge in [-0.05, 0) is 73.9 Å². The van der Waals surface area contributed by atoms with E-state index in [-0.39, 0.29) is 12.5 Å². The number of carbonyl (C=O) groups excluding carboxylic acids is 3. The molecule has 0 aliphatic rings. The fourth-order valence-corrected chi connectivity index (χ4v) is 3.29. The quantitative estimate of drug-likeness (QED) is 0.149. The van der Waals surface area contributed by atoms with Crippen LogP contribution in [0.4, 0.5) is 11.4 Å². The Balaban J connectivity index is 1.49. The smallest absolute Gasteiger partial charge is 0.329 e. The Labute approximate surface area is 222 Å². The van der Waals surface area contributed by atoms with Gasteiger partial charge in [-0.15, -0.1) is 0 Å². The molecule has 38 heavy (non-hydrogen) atoms. The van der Waals surface area contributed by atoms with Crippen molar-refractivity contribution >= 4 is 35.3 Å². The van der Waals surface area contributed by atoms with Crippen LogP contribution in [0, 0.1) is 13.8 Å². The molecular weight excluding hydrogens is 484 g/mol. The van der Waals surface area contributed by atoms with E-state index >= 15 is 0 Å². The van der Waals surface area contributed by atoms with Crippen LogP contribution in [0.1, 0.15) is 36.5 Å². The van der Waals surface area contributed by atoms with Gasteiger partial charge >= 0.3 is 11.8 Å². The maximum atomic E-state index is 12.4. The minimum Gasteiger partial charge on any atom is -0.494 e. The van der Waals surface area contributed by atoms with Crippen molar-refractivity contribution in [2.45, 2.75) is 33.6 Å². The van der Waals surface area contributed by atoms with Gasteiger partial charge in [-0.25, -0.2) is 5.43 Å². The van der Waals surface area contributed by atoms with Gasteiger partial charge in [-0.2, -0.15) is 5.10 Å². The van der Waals surface area contributed by atoms with Crippen LogP contribution in [0.2, 0.25) is 0 Å². The molecule has 3 N–H and O–H groups in total. The topological polar surface area (TPSA) is 118 Å². The zero-order valence-corrected chi connectivity index (χ0v) is 21.7. The van der Waals surface area contributed by atoms with Gasteiger partial charge in [0.25, 0.3) is 5.91 Å². The highest BCUT2D eigenvalue weighted by molar-refractivity contribution is 6.39. The van der Waals surface area contributed by atoms with Gasteiger partial charge in [0.1, 0.15) is 11.5 Å². The van der Waals surface area contributed by atoms with Crippen LogP contribution in [0.3, 0.4) is 0 Å². The van der Waals surface area contributed by atoms with Gasteiger partial charge in [0.05, 0.1) is 12.8 Å². The normalized spacial score (nSPS) is 10.6. The third-order valence-corrected chi connectivity index (χ3v) is 5.40. The molecule has 198 valence electrons. The van der Waals surface area contributed by atoms with Crippen LogP contribution in [-0.4, -0.2) is 37.1 Å². The third-order valence-electron chi connectivity index (χ3n) is 5.40. The van der Waals surface area contributed by atoms with Crippen LogP contribution >= 0.6 is 0 Å². The van der Waals surface area contributed by atoms with Crippen LogP contribution in [0.15, 0.2) is 71.8 Å². The van der Waals surface area contributed by atoms with Crippen molar-refractivity contribution in [3.63, 3.8) is 0 Å². The number of ether oxygens (including phenoxy) is 2. The first-order valence-electron chi connectivity index (χ1n) is 12.3. The lowest BCUT2D eigenvalue weighted by molar-refractivity contribution is -0.136. The summed E-state index contributed by atoms with van der Waals surface area (Å²) in [7, 11) is 0. The largest absolute Gasteiger partial charge is 0.494 e. The first-order chi connectivity index (χ1) is 18.4. The average Bonchev–Trinajstić information content (AvgIpc) is 2.91. The second-order valence-corrected chi connectivity index (χ2v) is 8.57. The molecule has 0 bridgehead atoms. The minimum absolute atomic E-state index is 0.213. The average molecular weight is 517 g/mol. The van der Waals surface area contributed by atoms with E-state index in [2.05, 4.69) is 28.1 Å². The Morgan fingerprint density at radius 2 is 1.66 bits per heavy atom. The van der Waals surface area contributed by atoms with E-state index in [4.69, 9.17) is 9.47 Å². The Kier molecular flexibility index (Phi) is 10.4. The van der Waals surface area contributed by atoms with Gasteiger partial charge in [-0.1, -0.05) is 37.6 Å². The molecule has 0 saturated heterocycles. The fraction of sp³-hybridized carbons (Fsp3) is 0.241. The monoisotopic (exact) mass is 516 g/mol. The van der Waals surface area contributed by atoms with Gasteiger partial charge in [0.15, 0.2) is 6.61 Å². The number of para-hydroxylation sites is 1. The van der Waals surface area contributed by atoms with Crippen molar-refractivity contribution in [1.82, 2.24) is 5.43 Å². The van der Waals surface area contributed by atoms with E-state index in [1.165, 1.54) is 6.21 Å². The lowest BCUT2D eigenvalue weighted by Crippen LogP contribution is -2.32. The molecule has 3 aromatic carbocycles. The molecule has 0 aliphatic carbocycles. The van der Waals surface area contributed by atoms with Crippen molar-refractivity contribution in [2.75, 3.05) is 23.8 Å². The molecule has 0 radical (unpaired) electrons. The van der Waals surface area contributed by atoms with Crippen molar-refractivity contribution < 1.29 is 23.9 Å². The molecule has 0 fully saturated rings. The molecule has 9 heteroatoms. The number of amides is 3. The zero-order chi connectivity index (χ0) is 27.3. The molecule has 3 amide bonds. The molecule has 0 atom stereocenters. The van der Waals surface area contributed by atoms with E-state index in [0.29, 0.717) is 29.4 Å². The van der Waals surface area contributed by atoms with Gasteiger partial charge < -0.3 is 20.1 Å². The minimum atomic E-state index is -0.934. The Hall–Kier alpha value is -4.66. The van der Waals surface area contributed by atoms with Gasteiger partial charge in [0, 0.05) is 16.9 Å². The molecular formula is C29H32N4O5. The van der Waals surface area contributed by atoms with Crippen LogP contribution in [0.5, 0.6) is 11.5 Å². The Morgan fingerprint density at radius 3 is 2.42 bits per heavy atom. The first-order valence-corrected chi connectivity index (χ1v) is 12.3. The van der Waals surface area contributed by atoms with E-state index in [1.807, 2.05) is 32.0 Å². The zero-order valence-electron chi connectivity index (χ0n) is 21.7. The number of unbranched alkanes of at least 4 members (excludes halogenated alkanes) is 1. The summed E-state index contributed by atoms with van der Waals surface area (Å²) >= 11 is 0. The van der Waals surface area contributed by atoms with Crippen molar-refractivity contribution in [3.8, 4) is 11.5 Å². The fourth-order valence-electron chi connectivity index (χ4n) is 3.29. The number of benzene rings is 3. The van der Waals surface area contributed by atoms with Crippen molar-refractivity contribution in [1.29, 1.82) is 0 Å². The molecule has 0 aromatic heterocycles. The summed E-state index contributed by atoms with van der Waals surface area (Å²) in [4.78, 5) is 36.7. The van der Waals surface area contributed by atoms with Gasteiger partial charge in [-0.3, -0.25) is 14.4 Å². The predicted octanol–water partition coefficient (Wildman–Crippen LogP) is 4.59. The summed E-state index contributed by atoms with van der Waals surface area (Å²) in [5.74, 6) is -1.03. The van der Waals surface area contributed by atoms with E-state index in [9.17, 15) is 14.4 Å². The first kappa shape index (κ1) is 27.9. The van der Waals surface area contributed by atoms with Crippen molar-refractivity contribution in [3.05, 3.63) is 83.4 Å². The number of nitrogens with zero attached hydrogens (tertiary/aromatic N) is 1. The lowest BCUT2D eigenvalue weighted by Gasteiger charge is -2.11. The molecule has 0 unspecified atom stereocenters. The van der Waals surface area contributed by atoms with E-state index in [1.54, 1.807) is 48.5 Å². The van der Waals surface area contributed by atoms with E-state index in [0.717, 1.165) is 29.7 Å². The Bertz CT molecular complexity index is 1290. The lowest BCUT2D eigenvalue weighted by atomic mass is 10.1. The number of carbonyl (C=O) groups is 3. The van der Waals surface area contributed by atoms with Crippen molar-refractivity contribution in [2.24, 2.45) is 5.10 Å². The highest BCUT2D eigenvalue weighted by Gasteiger charge is 2.13. The summed E-state index contributed by atoms with van der Waals surface area (Å²) in [5, 5.41) is 9.20. The van der Waals surface area contributed by atoms with Gasteiger partial charge in [0.2, 0.25) is 0 Å². The molecule has 3 rings (SSSR count). The highest BCUT2D eigenvalue weighted by atomic mass is 16.5.